The summed E-state index contributed by atoms with van der Waals surface area (Å²) in [5.74, 6) is 0.0493. The molecule has 0 atom stereocenters. The van der Waals surface area contributed by atoms with Crippen LogP contribution < -0.4 is 15.8 Å². The summed E-state index contributed by atoms with van der Waals surface area (Å²) in [5.41, 5.74) is 7.71. The highest BCUT2D eigenvalue weighted by molar-refractivity contribution is 7.14. The number of anilines is 2. The second-order valence-corrected chi connectivity index (χ2v) is 7.90. The van der Waals surface area contributed by atoms with Crippen molar-refractivity contribution in [3.63, 3.8) is 0 Å². The lowest BCUT2D eigenvalue weighted by atomic mass is 10.1. The number of thiazole rings is 1. The first-order valence-electron chi connectivity index (χ1n) is 10.2. The van der Waals surface area contributed by atoms with Crippen LogP contribution in [-0.4, -0.2) is 22.6 Å². The Balaban J connectivity index is 1.56. The van der Waals surface area contributed by atoms with E-state index in [-0.39, 0.29) is 11.3 Å². The first-order valence-corrected chi connectivity index (χ1v) is 11.0. The van der Waals surface area contributed by atoms with Gasteiger partial charge in [0.1, 0.15) is 11.5 Å². The second kappa shape index (κ2) is 10.6. The highest BCUT2D eigenvalue weighted by Gasteiger charge is 2.11. The number of nitrogens with two attached hydrogens (primary N) is 1. The molecule has 0 saturated heterocycles. The fourth-order valence-electron chi connectivity index (χ4n) is 3.01. The van der Waals surface area contributed by atoms with Crippen molar-refractivity contribution in [3.05, 3.63) is 53.4 Å². The number of hydrogen-bond acceptors (Lipinski definition) is 6. The molecule has 0 aliphatic carbocycles. The third-order valence-corrected chi connectivity index (χ3v) is 5.44. The van der Waals surface area contributed by atoms with E-state index in [4.69, 9.17) is 10.5 Å². The first kappa shape index (κ1) is 21.6. The number of rotatable bonds is 11. The molecule has 158 valence electrons. The number of nitrogens with one attached hydrogen (secondary N) is 1. The largest absolute Gasteiger partial charge is 0.507 e. The molecular formula is C23H27N3O3S. The molecule has 1 heterocycles. The van der Waals surface area contributed by atoms with Gasteiger partial charge in [-0.1, -0.05) is 32.6 Å². The van der Waals surface area contributed by atoms with Crippen molar-refractivity contribution >= 4 is 28.1 Å². The molecule has 0 radical (unpaired) electrons. The maximum absolute atomic E-state index is 11.4. The topological polar surface area (TPSA) is 97.5 Å². The molecular weight excluding hydrogens is 398 g/mol. The number of phenols is 1. The monoisotopic (exact) mass is 425 g/mol. The van der Waals surface area contributed by atoms with Crippen LogP contribution in [0.1, 0.15) is 49.4 Å². The minimum Gasteiger partial charge on any atom is -0.507 e. The van der Waals surface area contributed by atoms with E-state index in [0.717, 1.165) is 29.6 Å². The summed E-state index contributed by atoms with van der Waals surface area (Å²) in [5, 5.41) is 15.6. The van der Waals surface area contributed by atoms with Gasteiger partial charge in [-0.05, 0) is 48.9 Å². The Morgan fingerprint density at radius 2 is 1.90 bits per heavy atom. The molecule has 1 amide bonds. The van der Waals surface area contributed by atoms with Crippen molar-refractivity contribution in [2.75, 3.05) is 11.9 Å². The fourth-order valence-corrected chi connectivity index (χ4v) is 3.75. The van der Waals surface area contributed by atoms with Gasteiger partial charge in [-0.3, -0.25) is 4.79 Å². The van der Waals surface area contributed by atoms with Crippen LogP contribution >= 0.6 is 11.3 Å². The number of aromatic nitrogens is 1. The molecule has 6 nitrogen and oxygen atoms in total. The lowest BCUT2D eigenvalue weighted by Crippen LogP contribution is -2.11. The number of benzene rings is 2. The van der Waals surface area contributed by atoms with Gasteiger partial charge in [0.25, 0.3) is 5.91 Å². The maximum atomic E-state index is 11.4. The fraction of sp³-hybridized carbons (Fsp3) is 0.304. The van der Waals surface area contributed by atoms with E-state index in [0.29, 0.717) is 11.3 Å². The Morgan fingerprint density at radius 1 is 1.13 bits per heavy atom. The van der Waals surface area contributed by atoms with E-state index in [1.165, 1.54) is 43.1 Å². The van der Waals surface area contributed by atoms with Crippen LogP contribution in [0.5, 0.6) is 11.5 Å². The summed E-state index contributed by atoms with van der Waals surface area (Å²) in [6, 6.07) is 12.5. The van der Waals surface area contributed by atoms with Crippen molar-refractivity contribution < 1.29 is 14.6 Å². The van der Waals surface area contributed by atoms with Gasteiger partial charge in [-0.2, -0.15) is 0 Å². The predicted molar refractivity (Wildman–Crippen MR) is 122 cm³/mol. The summed E-state index contributed by atoms with van der Waals surface area (Å²) < 4.78 is 5.79. The van der Waals surface area contributed by atoms with E-state index >= 15 is 0 Å². The van der Waals surface area contributed by atoms with Crippen LogP contribution in [0.4, 0.5) is 10.8 Å². The lowest BCUT2D eigenvalue weighted by molar-refractivity contribution is 0.0998. The van der Waals surface area contributed by atoms with E-state index in [1.807, 2.05) is 29.6 Å². The quantitative estimate of drug-likeness (QED) is 0.342. The van der Waals surface area contributed by atoms with Gasteiger partial charge in [-0.15, -0.1) is 11.3 Å². The molecule has 0 saturated carbocycles. The Kier molecular flexibility index (Phi) is 7.68. The second-order valence-electron chi connectivity index (χ2n) is 7.05. The van der Waals surface area contributed by atoms with Crippen molar-refractivity contribution in [1.82, 2.24) is 4.98 Å². The predicted octanol–water partition coefficient (Wildman–Crippen LogP) is 5.71. The molecule has 0 bridgehead atoms. The van der Waals surface area contributed by atoms with Crippen LogP contribution in [-0.2, 0) is 0 Å². The van der Waals surface area contributed by atoms with Gasteiger partial charge in [0.05, 0.1) is 17.9 Å². The number of carbonyl (C=O) groups excluding carboxylic acids is 1. The number of primary amides is 1. The van der Waals surface area contributed by atoms with Crippen LogP contribution in [0.15, 0.2) is 47.8 Å². The van der Waals surface area contributed by atoms with Crippen LogP contribution in [0.3, 0.4) is 0 Å². The van der Waals surface area contributed by atoms with E-state index in [9.17, 15) is 9.90 Å². The molecule has 3 aromatic rings. The Morgan fingerprint density at radius 3 is 2.63 bits per heavy atom. The summed E-state index contributed by atoms with van der Waals surface area (Å²) in [4.78, 5) is 16.0. The zero-order valence-electron chi connectivity index (χ0n) is 17.1. The molecule has 3 rings (SSSR count). The standard InChI is InChI=1S/C23H27N3O3S/c1-2-3-4-5-6-13-29-18-10-8-17(9-11-18)25-23-26-20(15-30-23)16-7-12-21(27)19(14-16)22(24)28/h7-12,14-15,27H,2-6,13H2,1H3,(H2,24,28)(H,25,26). The molecule has 2 aromatic carbocycles. The van der Waals surface area contributed by atoms with Gasteiger partial charge in [0.2, 0.25) is 0 Å². The number of hydrogen-bond donors (Lipinski definition) is 3. The van der Waals surface area contributed by atoms with Crippen LogP contribution in [0, 0.1) is 0 Å². The maximum Gasteiger partial charge on any atom is 0.252 e. The van der Waals surface area contributed by atoms with Crippen molar-refractivity contribution in [2.24, 2.45) is 5.73 Å². The smallest absolute Gasteiger partial charge is 0.252 e. The van der Waals surface area contributed by atoms with E-state index in [1.54, 1.807) is 12.1 Å². The number of ether oxygens (including phenoxy) is 1. The van der Waals surface area contributed by atoms with Gasteiger partial charge >= 0.3 is 0 Å². The van der Waals surface area contributed by atoms with Gasteiger partial charge in [-0.25, -0.2) is 4.98 Å². The third-order valence-electron chi connectivity index (χ3n) is 4.68. The van der Waals surface area contributed by atoms with Crippen LogP contribution in [0.2, 0.25) is 0 Å². The molecule has 7 heteroatoms. The van der Waals surface area contributed by atoms with Crippen molar-refractivity contribution in [3.8, 4) is 22.8 Å². The Labute approximate surface area is 180 Å². The number of carbonyl (C=O) groups is 1. The van der Waals surface area contributed by atoms with Gasteiger partial charge in [0, 0.05) is 16.6 Å². The Hall–Kier alpha value is -3.06. The normalized spacial score (nSPS) is 10.7. The summed E-state index contributed by atoms with van der Waals surface area (Å²) in [7, 11) is 0. The van der Waals surface area contributed by atoms with Crippen LogP contribution in [0.25, 0.3) is 11.3 Å². The first-order chi connectivity index (χ1) is 14.6. The lowest BCUT2D eigenvalue weighted by Gasteiger charge is -2.08. The minimum absolute atomic E-state index is 0.0796. The number of unbranched alkanes of at least 4 members (excludes halogenated alkanes) is 4. The average molecular weight is 426 g/mol. The highest BCUT2D eigenvalue weighted by Crippen LogP contribution is 2.30. The summed E-state index contributed by atoms with van der Waals surface area (Å²) >= 11 is 1.45. The third kappa shape index (κ3) is 5.97. The zero-order valence-corrected chi connectivity index (χ0v) is 17.9. The Bertz CT molecular complexity index is 970. The zero-order chi connectivity index (χ0) is 21.3. The highest BCUT2D eigenvalue weighted by atomic mass is 32.1. The number of amides is 1. The summed E-state index contributed by atoms with van der Waals surface area (Å²) in [6.45, 7) is 2.96. The van der Waals surface area contributed by atoms with E-state index in [2.05, 4.69) is 17.2 Å². The molecule has 0 fully saturated rings. The average Bonchev–Trinajstić information content (AvgIpc) is 3.20. The molecule has 4 N–H and O–H groups in total. The molecule has 0 aliphatic rings. The number of aromatic hydroxyl groups is 1. The molecule has 0 aliphatic heterocycles. The minimum atomic E-state index is -0.675. The van der Waals surface area contributed by atoms with E-state index < -0.39 is 5.91 Å². The molecule has 0 unspecified atom stereocenters. The van der Waals surface area contributed by atoms with Crippen molar-refractivity contribution in [1.29, 1.82) is 0 Å². The molecule has 1 aromatic heterocycles. The summed E-state index contributed by atoms with van der Waals surface area (Å²) in [6.07, 6.45) is 6.10. The molecule has 0 spiro atoms. The van der Waals surface area contributed by atoms with Gasteiger partial charge < -0.3 is 20.9 Å². The molecule has 30 heavy (non-hydrogen) atoms. The SMILES string of the molecule is CCCCCCCOc1ccc(Nc2nc(-c3ccc(O)c(C(N)=O)c3)cs2)cc1. The number of nitrogens with zero attached hydrogens (tertiary/aromatic N) is 1. The van der Waals surface area contributed by atoms with Crippen molar-refractivity contribution in [2.45, 2.75) is 39.0 Å². The van der Waals surface area contributed by atoms with Gasteiger partial charge in [0.15, 0.2) is 5.13 Å².